The Morgan fingerprint density at radius 3 is 2.82 bits per heavy atom. The highest BCUT2D eigenvalue weighted by Gasteiger charge is 2.43. The van der Waals surface area contributed by atoms with Gasteiger partial charge in [-0.25, -0.2) is 4.39 Å². The van der Waals surface area contributed by atoms with Gasteiger partial charge in [-0.3, -0.25) is 4.79 Å². The second kappa shape index (κ2) is 2.47. The van der Waals surface area contributed by atoms with Crippen LogP contribution in [0.15, 0.2) is 0 Å². The molecule has 1 amide bonds. The third-order valence-corrected chi connectivity index (χ3v) is 2.77. The van der Waals surface area contributed by atoms with Gasteiger partial charge in [0.2, 0.25) is 0 Å². The Morgan fingerprint density at radius 2 is 2.09 bits per heavy atom. The van der Waals surface area contributed by atoms with Crippen molar-refractivity contribution < 1.29 is 9.18 Å². The summed E-state index contributed by atoms with van der Waals surface area (Å²) in [4.78, 5) is 10.9. The van der Waals surface area contributed by atoms with Gasteiger partial charge in [-0.1, -0.05) is 12.8 Å². The lowest BCUT2D eigenvalue weighted by Crippen LogP contribution is -2.31. The maximum Gasteiger partial charge on any atom is 0.255 e. The summed E-state index contributed by atoms with van der Waals surface area (Å²) >= 11 is 0. The molecule has 2 fully saturated rings. The van der Waals surface area contributed by atoms with Crippen molar-refractivity contribution in [3.63, 3.8) is 0 Å². The number of alkyl halides is 1. The van der Waals surface area contributed by atoms with Gasteiger partial charge in [0, 0.05) is 12.0 Å². The molecule has 62 valence electrons. The minimum absolute atomic E-state index is 0.0174. The topological polar surface area (TPSA) is 29.1 Å². The molecule has 1 saturated heterocycles. The van der Waals surface area contributed by atoms with Crippen molar-refractivity contribution in [2.45, 2.75) is 37.9 Å². The molecule has 11 heavy (non-hydrogen) atoms. The molecule has 1 aliphatic carbocycles. The Balaban J connectivity index is 2.11. The summed E-state index contributed by atoms with van der Waals surface area (Å²) in [6, 6.07) is 0.145. The quantitative estimate of drug-likeness (QED) is 0.558. The van der Waals surface area contributed by atoms with Crippen LogP contribution in [0.4, 0.5) is 4.39 Å². The van der Waals surface area contributed by atoms with Crippen molar-refractivity contribution in [1.29, 1.82) is 0 Å². The molecule has 3 atom stereocenters. The van der Waals surface area contributed by atoms with Gasteiger partial charge in [0.05, 0.1) is 0 Å². The second-order valence-corrected chi connectivity index (χ2v) is 3.47. The molecular weight excluding hydrogens is 145 g/mol. The van der Waals surface area contributed by atoms with Crippen molar-refractivity contribution in [3.05, 3.63) is 0 Å². The van der Waals surface area contributed by atoms with E-state index in [1.807, 2.05) is 0 Å². The van der Waals surface area contributed by atoms with E-state index in [0.717, 1.165) is 25.7 Å². The zero-order chi connectivity index (χ0) is 7.84. The van der Waals surface area contributed by atoms with Gasteiger partial charge in [0.25, 0.3) is 5.91 Å². The van der Waals surface area contributed by atoms with Crippen LogP contribution in [-0.2, 0) is 4.79 Å². The van der Waals surface area contributed by atoms with E-state index in [9.17, 15) is 9.18 Å². The van der Waals surface area contributed by atoms with E-state index in [2.05, 4.69) is 5.32 Å². The number of halogens is 1. The second-order valence-electron chi connectivity index (χ2n) is 3.47. The molecule has 0 radical (unpaired) electrons. The van der Waals surface area contributed by atoms with E-state index in [0.29, 0.717) is 0 Å². The minimum Gasteiger partial charge on any atom is -0.350 e. The fraction of sp³-hybridized carbons (Fsp3) is 0.875. The molecule has 1 N–H and O–H groups in total. The molecule has 0 unspecified atom stereocenters. The molecular formula is C8H12FNO. The molecule has 2 nitrogen and oxygen atoms in total. The smallest absolute Gasteiger partial charge is 0.255 e. The highest BCUT2D eigenvalue weighted by Crippen LogP contribution is 2.32. The maximum absolute atomic E-state index is 13.0. The predicted octanol–water partition coefficient (Wildman–Crippen LogP) is 1.01. The average molecular weight is 157 g/mol. The average Bonchev–Trinajstić information content (AvgIpc) is 2.30. The summed E-state index contributed by atoms with van der Waals surface area (Å²) in [6.45, 7) is 0. The number of rotatable bonds is 0. The fourth-order valence-corrected chi connectivity index (χ4v) is 2.15. The van der Waals surface area contributed by atoms with Crippen molar-refractivity contribution in [2.24, 2.45) is 5.92 Å². The number of hydrogen-bond donors (Lipinski definition) is 1. The van der Waals surface area contributed by atoms with E-state index >= 15 is 0 Å². The molecule has 3 heteroatoms. The first-order valence-corrected chi connectivity index (χ1v) is 4.23. The van der Waals surface area contributed by atoms with Gasteiger partial charge >= 0.3 is 0 Å². The van der Waals surface area contributed by atoms with Crippen LogP contribution in [0.2, 0.25) is 0 Å². The lowest BCUT2D eigenvalue weighted by molar-refractivity contribution is -0.123. The third-order valence-electron chi connectivity index (χ3n) is 2.77. The van der Waals surface area contributed by atoms with Crippen molar-refractivity contribution in [3.8, 4) is 0 Å². The summed E-state index contributed by atoms with van der Waals surface area (Å²) in [5, 5.41) is 2.69. The molecule has 0 aromatic rings. The van der Waals surface area contributed by atoms with Gasteiger partial charge in [-0.15, -0.1) is 0 Å². The highest BCUT2D eigenvalue weighted by atomic mass is 19.1. The summed E-state index contributed by atoms with van der Waals surface area (Å²) in [5.74, 6) is -0.404. The van der Waals surface area contributed by atoms with Crippen LogP contribution in [0.5, 0.6) is 0 Å². The van der Waals surface area contributed by atoms with Crippen molar-refractivity contribution in [2.75, 3.05) is 0 Å². The Hall–Kier alpha value is -0.600. The largest absolute Gasteiger partial charge is 0.350 e. The first-order valence-electron chi connectivity index (χ1n) is 4.23. The van der Waals surface area contributed by atoms with Crippen molar-refractivity contribution >= 4 is 5.91 Å². The molecule has 0 aromatic heterocycles. The van der Waals surface area contributed by atoms with E-state index < -0.39 is 6.17 Å². The van der Waals surface area contributed by atoms with Gasteiger partial charge in [-0.2, -0.15) is 0 Å². The fourth-order valence-electron chi connectivity index (χ4n) is 2.15. The lowest BCUT2D eigenvalue weighted by Gasteiger charge is -2.24. The zero-order valence-electron chi connectivity index (χ0n) is 6.35. The molecule has 0 spiro atoms. The predicted molar refractivity (Wildman–Crippen MR) is 38.8 cm³/mol. The summed E-state index contributed by atoms with van der Waals surface area (Å²) < 4.78 is 13.0. The normalized spacial score (nSPS) is 43.4. The van der Waals surface area contributed by atoms with Gasteiger partial charge in [-0.05, 0) is 12.8 Å². The number of nitrogens with one attached hydrogen (secondary N) is 1. The van der Waals surface area contributed by atoms with E-state index in [1.165, 1.54) is 0 Å². The Kier molecular flexibility index (Phi) is 1.59. The Labute approximate surface area is 65.2 Å². The first-order chi connectivity index (χ1) is 5.29. The molecule has 0 aromatic carbocycles. The standard InChI is InChI=1S/C8H12FNO/c9-7-5-3-1-2-4-6(5)10-8(7)11/h5-7H,1-4H2,(H,10,11)/t5-,6-,7+/m1/s1. The van der Waals surface area contributed by atoms with E-state index in [1.54, 1.807) is 0 Å². The monoisotopic (exact) mass is 157 g/mol. The SMILES string of the molecule is O=C1N[C@@H]2CCCC[C@H]2[C@@H]1F. The minimum atomic E-state index is -1.22. The summed E-state index contributed by atoms with van der Waals surface area (Å²) in [6.07, 6.45) is 2.84. The van der Waals surface area contributed by atoms with Gasteiger partial charge in [0.1, 0.15) is 0 Å². The number of carbonyl (C=O) groups is 1. The highest BCUT2D eigenvalue weighted by molar-refractivity contribution is 5.83. The number of carbonyl (C=O) groups excluding carboxylic acids is 1. The maximum atomic E-state index is 13.0. The summed E-state index contributed by atoms with van der Waals surface area (Å²) in [5.41, 5.74) is 0. The van der Waals surface area contributed by atoms with Crippen LogP contribution >= 0.6 is 0 Å². The number of hydrogen-bond acceptors (Lipinski definition) is 1. The van der Waals surface area contributed by atoms with Crippen molar-refractivity contribution in [1.82, 2.24) is 5.32 Å². The van der Waals surface area contributed by atoms with Crippen LogP contribution in [0, 0.1) is 5.92 Å². The van der Waals surface area contributed by atoms with Gasteiger partial charge in [0.15, 0.2) is 6.17 Å². The number of amides is 1. The molecule has 1 saturated carbocycles. The number of fused-ring (bicyclic) bond motifs is 1. The molecule has 1 heterocycles. The molecule has 2 rings (SSSR count). The van der Waals surface area contributed by atoms with E-state index in [-0.39, 0.29) is 17.9 Å². The molecule has 2 aliphatic rings. The third kappa shape index (κ3) is 1.03. The zero-order valence-corrected chi connectivity index (χ0v) is 6.35. The van der Waals surface area contributed by atoms with Crippen LogP contribution < -0.4 is 5.32 Å². The van der Waals surface area contributed by atoms with Gasteiger partial charge < -0.3 is 5.32 Å². The Morgan fingerprint density at radius 1 is 1.36 bits per heavy atom. The summed E-state index contributed by atoms with van der Waals surface area (Å²) in [7, 11) is 0. The van der Waals surface area contributed by atoms with Crippen LogP contribution in [0.3, 0.4) is 0 Å². The van der Waals surface area contributed by atoms with Crippen LogP contribution in [-0.4, -0.2) is 18.1 Å². The lowest BCUT2D eigenvalue weighted by atomic mass is 9.85. The Bertz CT molecular complexity index is 183. The van der Waals surface area contributed by atoms with Crippen LogP contribution in [0.25, 0.3) is 0 Å². The molecule has 1 aliphatic heterocycles. The van der Waals surface area contributed by atoms with Crippen LogP contribution in [0.1, 0.15) is 25.7 Å². The first kappa shape index (κ1) is 7.07. The van der Waals surface area contributed by atoms with E-state index in [4.69, 9.17) is 0 Å². The molecule has 0 bridgehead atoms.